The van der Waals surface area contributed by atoms with Crippen LogP contribution >= 0.6 is 0 Å². The molecule has 0 radical (unpaired) electrons. The molecule has 3 rings (SSSR count). The highest BCUT2D eigenvalue weighted by Gasteiger charge is 2.34. The summed E-state index contributed by atoms with van der Waals surface area (Å²) < 4.78 is 39.4. The van der Waals surface area contributed by atoms with E-state index in [0.717, 1.165) is 37.4 Å². The van der Waals surface area contributed by atoms with E-state index in [1.54, 1.807) is 17.6 Å². The maximum Gasteiger partial charge on any atom is 0.214 e. The second-order valence-electron chi connectivity index (χ2n) is 6.67. The second kappa shape index (κ2) is 7.51. The molecule has 1 aromatic heterocycles. The van der Waals surface area contributed by atoms with Crippen molar-refractivity contribution in [3.05, 3.63) is 17.7 Å². The number of nitrogens with zero attached hydrogens (tertiary/aromatic N) is 3. The van der Waals surface area contributed by atoms with Crippen molar-refractivity contribution >= 4 is 10.0 Å². The van der Waals surface area contributed by atoms with Gasteiger partial charge in [-0.2, -0.15) is 4.31 Å². The molecular weight excluding hydrogens is 330 g/mol. The molecule has 2 aliphatic heterocycles. The largest absolute Gasteiger partial charge is 0.381 e. The van der Waals surface area contributed by atoms with Gasteiger partial charge in [0.25, 0.3) is 0 Å². The minimum atomic E-state index is -3.22. The van der Waals surface area contributed by atoms with Crippen LogP contribution in [0.25, 0.3) is 0 Å². The van der Waals surface area contributed by atoms with Crippen LogP contribution in [0, 0.1) is 5.92 Å². The van der Waals surface area contributed by atoms with Crippen molar-refractivity contribution in [2.45, 2.75) is 32.2 Å². The van der Waals surface area contributed by atoms with Gasteiger partial charge in [0.05, 0.1) is 30.9 Å². The van der Waals surface area contributed by atoms with Crippen LogP contribution in [-0.2, 0) is 33.1 Å². The molecule has 0 amide bonds. The van der Waals surface area contributed by atoms with Gasteiger partial charge < -0.3 is 14.0 Å². The molecular formula is C16H27N3O4S. The normalized spacial score (nSPS) is 23.3. The van der Waals surface area contributed by atoms with E-state index in [9.17, 15) is 8.42 Å². The highest BCUT2D eigenvalue weighted by atomic mass is 32.2. The van der Waals surface area contributed by atoms with E-state index >= 15 is 0 Å². The average molecular weight is 357 g/mol. The molecule has 0 saturated carbocycles. The molecule has 24 heavy (non-hydrogen) atoms. The van der Waals surface area contributed by atoms with E-state index in [1.807, 2.05) is 11.6 Å². The minimum absolute atomic E-state index is 0.0300. The van der Waals surface area contributed by atoms with Crippen LogP contribution in [0.5, 0.6) is 0 Å². The highest BCUT2D eigenvalue weighted by Crippen LogP contribution is 2.29. The summed E-state index contributed by atoms with van der Waals surface area (Å²) >= 11 is 0. The Kier molecular flexibility index (Phi) is 5.59. The van der Waals surface area contributed by atoms with Crippen molar-refractivity contribution < 1.29 is 17.9 Å². The molecule has 3 heterocycles. The van der Waals surface area contributed by atoms with E-state index in [2.05, 4.69) is 4.98 Å². The molecule has 1 atom stereocenters. The number of sulfonamides is 1. The van der Waals surface area contributed by atoms with Gasteiger partial charge in [0.1, 0.15) is 0 Å². The first kappa shape index (κ1) is 17.8. The van der Waals surface area contributed by atoms with Crippen LogP contribution in [0.2, 0.25) is 0 Å². The summed E-state index contributed by atoms with van der Waals surface area (Å²) in [5.41, 5.74) is 1.95. The number of aryl methyl sites for hydroxylation is 1. The Bertz CT molecular complexity index is 652. The third-order valence-corrected chi connectivity index (χ3v) is 6.77. The Labute approximate surface area is 144 Å². The Balaban J connectivity index is 1.67. The van der Waals surface area contributed by atoms with Gasteiger partial charge in [0.2, 0.25) is 10.0 Å². The van der Waals surface area contributed by atoms with Crippen LogP contribution in [-0.4, -0.2) is 61.0 Å². The second-order valence-corrected chi connectivity index (χ2v) is 8.93. The van der Waals surface area contributed by atoms with Crippen LogP contribution in [0.15, 0.2) is 6.33 Å². The standard InChI is InChI=1S/C16H27N3O4S/c1-3-24(20,21)19-8-14(16-15(9-19)17-12-18(16)2)11-23-10-13-4-6-22-7-5-13/h12-14H,3-11H2,1-2H3/t14-/m0/s1. The van der Waals surface area contributed by atoms with Crippen molar-refractivity contribution in [1.82, 2.24) is 13.9 Å². The monoisotopic (exact) mass is 357 g/mol. The zero-order valence-electron chi connectivity index (χ0n) is 14.5. The molecule has 1 fully saturated rings. The van der Waals surface area contributed by atoms with E-state index in [1.165, 1.54) is 0 Å². The third kappa shape index (κ3) is 3.82. The first-order valence-corrected chi connectivity index (χ1v) is 10.3. The Hall–Kier alpha value is -0.960. The van der Waals surface area contributed by atoms with Crippen LogP contribution in [0.1, 0.15) is 37.1 Å². The molecule has 1 aromatic rings. The molecule has 8 heteroatoms. The fraction of sp³-hybridized carbons (Fsp3) is 0.812. The lowest BCUT2D eigenvalue weighted by molar-refractivity contribution is 0.0150. The lowest BCUT2D eigenvalue weighted by Gasteiger charge is -2.32. The van der Waals surface area contributed by atoms with Gasteiger partial charge >= 0.3 is 0 Å². The smallest absolute Gasteiger partial charge is 0.214 e. The Morgan fingerprint density at radius 3 is 2.79 bits per heavy atom. The van der Waals surface area contributed by atoms with Gasteiger partial charge in [0.15, 0.2) is 0 Å². The number of hydrogen-bond acceptors (Lipinski definition) is 5. The number of aromatic nitrogens is 2. The van der Waals surface area contributed by atoms with Gasteiger partial charge in [-0.15, -0.1) is 0 Å². The van der Waals surface area contributed by atoms with Crippen LogP contribution in [0.3, 0.4) is 0 Å². The molecule has 7 nitrogen and oxygen atoms in total. The summed E-state index contributed by atoms with van der Waals surface area (Å²) in [6.45, 7) is 5.38. The SMILES string of the molecule is CCS(=O)(=O)N1Cc2ncn(C)c2[C@H](COCC2CCOCC2)C1. The Morgan fingerprint density at radius 1 is 1.33 bits per heavy atom. The zero-order valence-corrected chi connectivity index (χ0v) is 15.3. The maximum absolute atomic E-state index is 12.3. The van der Waals surface area contributed by atoms with Crippen molar-refractivity contribution in [3.63, 3.8) is 0 Å². The van der Waals surface area contributed by atoms with Gasteiger partial charge in [0, 0.05) is 45.0 Å². The quantitative estimate of drug-likeness (QED) is 0.763. The summed E-state index contributed by atoms with van der Waals surface area (Å²) in [7, 11) is -1.26. The lowest BCUT2D eigenvalue weighted by atomic mass is 10.00. The summed E-state index contributed by atoms with van der Waals surface area (Å²) in [5.74, 6) is 0.691. The number of hydrogen-bond donors (Lipinski definition) is 0. The number of ether oxygens (including phenoxy) is 2. The van der Waals surface area contributed by atoms with E-state index in [4.69, 9.17) is 9.47 Å². The van der Waals surface area contributed by atoms with Gasteiger partial charge in [-0.1, -0.05) is 0 Å². The van der Waals surface area contributed by atoms with Gasteiger partial charge in [-0.25, -0.2) is 13.4 Å². The molecule has 0 N–H and O–H groups in total. The molecule has 0 aromatic carbocycles. The summed E-state index contributed by atoms with van der Waals surface area (Å²) in [6, 6.07) is 0. The number of imidazole rings is 1. The molecule has 1 saturated heterocycles. The Morgan fingerprint density at radius 2 is 2.08 bits per heavy atom. The van der Waals surface area contributed by atoms with E-state index < -0.39 is 10.0 Å². The van der Waals surface area contributed by atoms with Gasteiger partial charge in [-0.05, 0) is 25.7 Å². The number of rotatable bonds is 6. The average Bonchev–Trinajstić information content (AvgIpc) is 2.97. The summed E-state index contributed by atoms with van der Waals surface area (Å²) in [5, 5.41) is 0. The predicted octanol–water partition coefficient (Wildman–Crippen LogP) is 1.11. The topological polar surface area (TPSA) is 73.7 Å². The van der Waals surface area contributed by atoms with Crippen molar-refractivity contribution in [2.75, 3.05) is 38.7 Å². The van der Waals surface area contributed by atoms with Crippen molar-refractivity contribution in [1.29, 1.82) is 0 Å². The minimum Gasteiger partial charge on any atom is -0.381 e. The van der Waals surface area contributed by atoms with Crippen molar-refractivity contribution in [3.8, 4) is 0 Å². The zero-order chi connectivity index (χ0) is 17.2. The predicted molar refractivity (Wildman–Crippen MR) is 90.2 cm³/mol. The molecule has 0 unspecified atom stereocenters. The summed E-state index contributed by atoms with van der Waals surface area (Å²) in [6.07, 6.45) is 3.84. The molecule has 0 spiro atoms. The third-order valence-electron chi connectivity index (χ3n) is 4.97. The molecule has 0 bridgehead atoms. The van der Waals surface area contributed by atoms with Crippen molar-refractivity contribution in [2.24, 2.45) is 13.0 Å². The number of fused-ring (bicyclic) bond motifs is 1. The fourth-order valence-electron chi connectivity index (χ4n) is 3.51. The first-order chi connectivity index (χ1) is 11.5. The molecule has 136 valence electrons. The molecule has 2 aliphatic rings. The van der Waals surface area contributed by atoms with Crippen LogP contribution in [0.4, 0.5) is 0 Å². The lowest BCUT2D eigenvalue weighted by Crippen LogP contribution is -2.41. The molecule has 0 aliphatic carbocycles. The maximum atomic E-state index is 12.3. The highest BCUT2D eigenvalue weighted by molar-refractivity contribution is 7.89. The summed E-state index contributed by atoms with van der Waals surface area (Å²) in [4.78, 5) is 4.39. The fourth-order valence-corrected chi connectivity index (χ4v) is 4.60. The van der Waals surface area contributed by atoms with Crippen LogP contribution < -0.4 is 0 Å². The van der Waals surface area contributed by atoms with E-state index in [0.29, 0.717) is 32.2 Å². The first-order valence-electron chi connectivity index (χ1n) is 8.64. The van der Waals surface area contributed by atoms with Gasteiger partial charge in [-0.3, -0.25) is 0 Å². The van der Waals surface area contributed by atoms with E-state index in [-0.39, 0.29) is 11.7 Å².